The molecule has 1 aliphatic heterocycles. The molecular formula is C15H18N6O3S. The second kappa shape index (κ2) is 8.08. The number of nitrogens with zero attached hydrogens (tertiary/aromatic N) is 4. The Morgan fingerprint density at radius 3 is 3.00 bits per heavy atom. The number of aromatic nitrogens is 4. The molecule has 3 rings (SSSR count). The van der Waals surface area contributed by atoms with Gasteiger partial charge < -0.3 is 15.4 Å². The lowest BCUT2D eigenvalue weighted by Gasteiger charge is -2.11. The van der Waals surface area contributed by atoms with Crippen molar-refractivity contribution in [2.24, 2.45) is 0 Å². The van der Waals surface area contributed by atoms with Gasteiger partial charge in [-0.05, 0) is 0 Å². The van der Waals surface area contributed by atoms with Crippen molar-refractivity contribution in [2.75, 3.05) is 25.6 Å². The highest BCUT2D eigenvalue weighted by atomic mass is 32.2. The highest BCUT2D eigenvalue weighted by Crippen LogP contribution is 2.34. The first-order chi connectivity index (χ1) is 12.2. The summed E-state index contributed by atoms with van der Waals surface area (Å²) >= 11 is 1.72. The predicted molar refractivity (Wildman–Crippen MR) is 92.1 cm³/mol. The Bertz CT molecular complexity index is 764. The SMILES string of the molecule is COCCNC(=O)Cn1nc2c(c1NC(=O)c1cnccn1)CSC2. The number of hydrogen-bond donors (Lipinski definition) is 2. The van der Waals surface area contributed by atoms with Gasteiger partial charge in [0.2, 0.25) is 5.91 Å². The number of carbonyl (C=O) groups excluding carboxylic acids is 2. The van der Waals surface area contributed by atoms with Crippen LogP contribution in [0.4, 0.5) is 5.82 Å². The van der Waals surface area contributed by atoms with E-state index in [1.54, 1.807) is 18.9 Å². The fourth-order valence-electron chi connectivity index (χ4n) is 2.39. The van der Waals surface area contributed by atoms with Crippen LogP contribution >= 0.6 is 11.8 Å². The summed E-state index contributed by atoms with van der Waals surface area (Å²) in [4.78, 5) is 32.3. The summed E-state index contributed by atoms with van der Waals surface area (Å²) < 4.78 is 6.44. The standard InChI is InChI=1S/C15H18N6O3S/c1-24-5-4-18-13(22)7-21-14(10-8-25-9-12(10)20-21)19-15(23)11-6-16-2-3-17-11/h2-3,6H,4-5,7-9H2,1H3,(H,18,22)(H,19,23). The number of ether oxygens (including phenoxy) is 1. The minimum absolute atomic E-state index is 0.0253. The van der Waals surface area contributed by atoms with E-state index in [-0.39, 0.29) is 24.1 Å². The normalized spacial score (nSPS) is 12.7. The van der Waals surface area contributed by atoms with Crippen LogP contribution in [0.2, 0.25) is 0 Å². The molecule has 3 heterocycles. The molecule has 2 aromatic heterocycles. The lowest BCUT2D eigenvalue weighted by atomic mass is 10.2. The zero-order valence-corrected chi connectivity index (χ0v) is 14.5. The summed E-state index contributed by atoms with van der Waals surface area (Å²) in [7, 11) is 1.57. The Hall–Kier alpha value is -2.46. The number of amides is 2. The Kier molecular flexibility index (Phi) is 5.61. The minimum atomic E-state index is -0.381. The monoisotopic (exact) mass is 362 g/mol. The van der Waals surface area contributed by atoms with Gasteiger partial charge in [0.05, 0.1) is 18.5 Å². The molecule has 2 amide bonds. The molecule has 132 valence electrons. The van der Waals surface area contributed by atoms with Gasteiger partial charge in [0.25, 0.3) is 5.91 Å². The first kappa shape index (κ1) is 17.4. The summed E-state index contributed by atoms with van der Waals surface area (Å²) in [6.45, 7) is 0.888. The molecule has 9 nitrogen and oxygen atoms in total. The van der Waals surface area contributed by atoms with Gasteiger partial charge in [-0.25, -0.2) is 9.67 Å². The van der Waals surface area contributed by atoms with Crippen LogP contribution < -0.4 is 10.6 Å². The van der Waals surface area contributed by atoms with Crippen LogP contribution in [0.15, 0.2) is 18.6 Å². The molecule has 2 aromatic rings. The highest BCUT2D eigenvalue weighted by molar-refractivity contribution is 7.98. The molecule has 0 radical (unpaired) electrons. The average molecular weight is 362 g/mol. The molecule has 2 N–H and O–H groups in total. The summed E-state index contributed by atoms with van der Waals surface area (Å²) in [5, 5.41) is 10.0. The first-order valence-corrected chi connectivity index (χ1v) is 8.84. The summed E-state index contributed by atoms with van der Waals surface area (Å²) in [6, 6.07) is 0. The van der Waals surface area contributed by atoms with Crippen LogP contribution in [0.5, 0.6) is 0 Å². The van der Waals surface area contributed by atoms with E-state index in [0.29, 0.717) is 19.0 Å². The van der Waals surface area contributed by atoms with Crippen LogP contribution in [0.1, 0.15) is 21.7 Å². The molecule has 0 bridgehead atoms. The molecule has 1 aliphatic rings. The second-order valence-electron chi connectivity index (χ2n) is 5.31. The van der Waals surface area contributed by atoms with Gasteiger partial charge >= 0.3 is 0 Å². The van der Waals surface area contributed by atoms with Crippen molar-refractivity contribution in [1.29, 1.82) is 0 Å². The Balaban J connectivity index is 1.76. The van der Waals surface area contributed by atoms with Crippen molar-refractivity contribution in [1.82, 2.24) is 25.1 Å². The molecule has 0 unspecified atom stereocenters. The third kappa shape index (κ3) is 4.15. The van der Waals surface area contributed by atoms with E-state index in [0.717, 1.165) is 22.8 Å². The summed E-state index contributed by atoms with van der Waals surface area (Å²) in [6.07, 6.45) is 4.35. The van der Waals surface area contributed by atoms with Gasteiger partial charge in [0.15, 0.2) is 0 Å². The Morgan fingerprint density at radius 1 is 1.36 bits per heavy atom. The molecule has 0 fully saturated rings. The van der Waals surface area contributed by atoms with Gasteiger partial charge in [-0.1, -0.05) is 0 Å². The van der Waals surface area contributed by atoms with Crippen LogP contribution in [0.3, 0.4) is 0 Å². The van der Waals surface area contributed by atoms with E-state index >= 15 is 0 Å². The van der Waals surface area contributed by atoms with Crippen molar-refractivity contribution < 1.29 is 14.3 Å². The van der Waals surface area contributed by atoms with Crippen molar-refractivity contribution in [3.8, 4) is 0 Å². The zero-order valence-electron chi connectivity index (χ0n) is 13.7. The minimum Gasteiger partial charge on any atom is -0.383 e. The third-order valence-electron chi connectivity index (χ3n) is 3.57. The maximum Gasteiger partial charge on any atom is 0.277 e. The van der Waals surface area contributed by atoms with Gasteiger partial charge in [0.1, 0.15) is 18.1 Å². The molecule has 0 spiro atoms. The maximum absolute atomic E-state index is 12.4. The van der Waals surface area contributed by atoms with Crippen LogP contribution in [0.25, 0.3) is 0 Å². The number of hydrogen-bond acceptors (Lipinski definition) is 7. The van der Waals surface area contributed by atoms with E-state index in [2.05, 4.69) is 25.7 Å². The maximum atomic E-state index is 12.4. The fourth-order valence-corrected chi connectivity index (χ4v) is 3.43. The molecule has 25 heavy (non-hydrogen) atoms. The number of methoxy groups -OCH3 is 1. The summed E-state index contributed by atoms with van der Waals surface area (Å²) in [5.41, 5.74) is 2.05. The van der Waals surface area contributed by atoms with Crippen molar-refractivity contribution in [3.05, 3.63) is 35.5 Å². The third-order valence-corrected chi connectivity index (χ3v) is 4.54. The topological polar surface area (TPSA) is 111 Å². The van der Waals surface area contributed by atoms with Crippen LogP contribution in [-0.4, -0.2) is 51.8 Å². The smallest absolute Gasteiger partial charge is 0.277 e. The second-order valence-corrected chi connectivity index (χ2v) is 6.30. The molecule has 0 atom stereocenters. The van der Waals surface area contributed by atoms with E-state index in [1.807, 2.05) is 0 Å². The van der Waals surface area contributed by atoms with Crippen molar-refractivity contribution in [2.45, 2.75) is 18.1 Å². The molecule has 0 saturated heterocycles. The van der Waals surface area contributed by atoms with E-state index in [1.165, 1.54) is 23.3 Å². The van der Waals surface area contributed by atoms with Crippen LogP contribution in [0, 0.1) is 0 Å². The average Bonchev–Trinajstić information content (AvgIpc) is 3.19. The number of fused-ring (bicyclic) bond motifs is 1. The number of rotatable bonds is 7. The molecule has 0 aliphatic carbocycles. The van der Waals surface area contributed by atoms with Crippen molar-refractivity contribution in [3.63, 3.8) is 0 Å². The molecule has 10 heteroatoms. The molecule has 0 aromatic carbocycles. The first-order valence-electron chi connectivity index (χ1n) is 7.68. The van der Waals surface area contributed by atoms with Crippen LogP contribution in [-0.2, 0) is 27.6 Å². The molecule has 0 saturated carbocycles. The zero-order chi connectivity index (χ0) is 17.6. The lowest BCUT2D eigenvalue weighted by Crippen LogP contribution is -2.31. The number of carbonyl (C=O) groups is 2. The predicted octanol–water partition coefficient (Wildman–Crippen LogP) is 0.435. The van der Waals surface area contributed by atoms with E-state index < -0.39 is 0 Å². The lowest BCUT2D eigenvalue weighted by molar-refractivity contribution is -0.122. The quantitative estimate of drug-likeness (QED) is 0.687. The van der Waals surface area contributed by atoms with E-state index in [4.69, 9.17) is 4.74 Å². The fraction of sp³-hybridized carbons (Fsp3) is 0.400. The van der Waals surface area contributed by atoms with Gasteiger partial charge in [-0.3, -0.25) is 14.6 Å². The number of anilines is 1. The molecular weight excluding hydrogens is 344 g/mol. The van der Waals surface area contributed by atoms with E-state index in [9.17, 15) is 9.59 Å². The highest BCUT2D eigenvalue weighted by Gasteiger charge is 2.25. The summed E-state index contributed by atoms with van der Waals surface area (Å²) in [5.74, 6) is 1.48. The largest absolute Gasteiger partial charge is 0.383 e. The number of thioether (sulfide) groups is 1. The van der Waals surface area contributed by atoms with Gasteiger partial charge in [0, 0.05) is 43.1 Å². The van der Waals surface area contributed by atoms with Gasteiger partial charge in [-0.15, -0.1) is 0 Å². The Labute approximate surface area is 148 Å². The van der Waals surface area contributed by atoms with Crippen molar-refractivity contribution >= 4 is 29.4 Å². The number of nitrogens with one attached hydrogen (secondary N) is 2. The van der Waals surface area contributed by atoms with Gasteiger partial charge in [-0.2, -0.15) is 16.9 Å². The Morgan fingerprint density at radius 2 is 2.24 bits per heavy atom.